The van der Waals surface area contributed by atoms with Crippen LogP contribution in [0.25, 0.3) is 5.70 Å². The van der Waals surface area contributed by atoms with E-state index < -0.39 is 0 Å². The molecule has 1 aliphatic rings. The van der Waals surface area contributed by atoms with Gasteiger partial charge in [-0.05, 0) is 18.2 Å². The van der Waals surface area contributed by atoms with Gasteiger partial charge >= 0.3 is 0 Å². The summed E-state index contributed by atoms with van der Waals surface area (Å²) in [6, 6.07) is 5.02. The molecule has 1 amide bonds. The molecule has 4 nitrogen and oxygen atoms in total. The molecule has 2 rings (SSSR count). The van der Waals surface area contributed by atoms with Crippen molar-refractivity contribution >= 4 is 11.6 Å². The maximum Gasteiger partial charge on any atom is 0.254 e. The molecule has 0 aromatic carbocycles. The van der Waals surface area contributed by atoms with Gasteiger partial charge in [0.05, 0.1) is 0 Å². The summed E-state index contributed by atoms with van der Waals surface area (Å²) in [4.78, 5) is 23.2. The molecule has 1 aromatic heterocycles. The quantitative estimate of drug-likeness (QED) is 0.850. The molecule has 1 N–H and O–H groups in total. The van der Waals surface area contributed by atoms with Crippen LogP contribution in [0.1, 0.15) is 6.42 Å². The van der Waals surface area contributed by atoms with Gasteiger partial charge in [-0.1, -0.05) is 18.2 Å². The van der Waals surface area contributed by atoms with Gasteiger partial charge in [0.25, 0.3) is 11.5 Å². The minimum Gasteiger partial charge on any atom is -0.355 e. The Morgan fingerprint density at radius 2 is 2.17 bits per heavy atom. The highest BCUT2D eigenvalue weighted by Gasteiger charge is 2.07. The fourth-order valence-corrected chi connectivity index (χ4v) is 1.76. The first-order chi connectivity index (χ1) is 8.72. The molecule has 0 atom stereocenters. The zero-order valence-electron chi connectivity index (χ0n) is 10.1. The Bertz CT molecular complexity index is 606. The molecule has 1 aromatic rings. The second-order valence-corrected chi connectivity index (χ2v) is 3.87. The Morgan fingerprint density at radius 3 is 2.89 bits per heavy atom. The van der Waals surface area contributed by atoms with Gasteiger partial charge in [0.1, 0.15) is 0 Å². The van der Waals surface area contributed by atoms with Crippen molar-refractivity contribution in [2.75, 3.05) is 7.05 Å². The number of pyridine rings is 1. The van der Waals surface area contributed by atoms with Crippen LogP contribution in [0.3, 0.4) is 0 Å². The molecular formula is C14H14N2O2. The monoisotopic (exact) mass is 242 g/mol. The summed E-state index contributed by atoms with van der Waals surface area (Å²) in [5.74, 6) is -0.135. The molecule has 1 aliphatic carbocycles. The number of amides is 1. The van der Waals surface area contributed by atoms with Crippen molar-refractivity contribution in [1.82, 2.24) is 9.88 Å². The molecule has 0 aliphatic heterocycles. The van der Waals surface area contributed by atoms with E-state index in [0.29, 0.717) is 12.0 Å². The minimum atomic E-state index is -0.135. The summed E-state index contributed by atoms with van der Waals surface area (Å²) >= 11 is 0. The molecular weight excluding hydrogens is 228 g/mol. The largest absolute Gasteiger partial charge is 0.355 e. The summed E-state index contributed by atoms with van der Waals surface area (Å²) in [6.07, 6.45) is 9.49. The zero-order chi connectivity index (χ0) is 13.0. The number of nitrogens with one attached hydrogen (secondary N) is 1. The van der Waals surface area contributed by atoms with Crippen LogP contribution in [0.5, 0.6) is 0 Å². The van der Waals surface area contributed by atoms with Crippen molar-refractivity contribution in [3.63, 3.8) is 0 Å². The number of nitrogens with zero attached hydrogens (tertiary/aromatic N) is 1. The van der Waals surface area contributed by atoms with Crippen molar-refractivity contribution < 1.29 is 4.79 Å². The first-order valence-corrected chi connectivity index (χ1v) is 5.70. The highest BCUT2D eigenvalue weighted by atomic mass is 16.1. The second-order valence-electron chi connectivity index (χ2n) is 3.87. The average molecular weight is 242 g/mol. The third-order valence-corrected chi connectivity index (χ3v) is 2.70. The van der Waals surface area contributed by atoms with Crippen LogP contribution in [-0.4, -0.2) is 17.5 Å². The van der Waals surface area contributed by atoms with Crippen LogP contribution in [0.2, 0.25) is 0 Å². The van der Waals surface area contributed by atoms with E-state index in [1.54, 1.807) is 48.2 Å². The highest BCUT2D eigenvalue weighted by Crippen LogP contribution is 2.14. The SMILES string of the molecule is CNC(=O)C1=CC=C(n2ccccc2=O)CC=C1. The van der Waals surface area contributed by atoms with E-state index in [1.807, 2.05) is 6.08 Å². The van der Waals surface area contributed by atoms with Crippen LogP contribution in [0.15, 0.2) is 59.1 Å². The lowest BCUT2D eigenvalue weighted by Gasteiger charge is -2.06. The van der Waals surface area contributed by atoms with Gasteiger partial charge in [0, 0.05) is 37.0 Å². The molecule has 4 heteroatoms. The molecule has 0 bridgehead atoms. The third-order valence-electron chi connectivity index (χ3n) is 2.70. The van der Waals surface area contributed by atoms with E-state index in [1.165, 1.54) is 6.07 Å². The van der Waals surface area contributed by atoms with Crippen LogP contribution in [-0.2, 0) is 4.79 Å². The summed E-state index contributed by atoms with van der Waals surface area (Å²) in [5, 5.41) is 2.57. The van der Waals surface area contributed by atoms with Crippen molar-refractivity contribution in [2.24, 2.45) is 0 Å². The standard InChI is InChI=1S/C14H14N2O2/c1-15-14(18)11-5-4-6-12(9-8-11)16-10-3-2-7-13(16)17/h2-5,7-10H,6H2,1H3,(H,15,18). The van der Waals surface area contributed by atoms with Crippen LogP contribution in [0, 0.1) is 0 Å². The number of carbonyl (C=O) groups is 1. The fourth-order valence-electron chi connectivity index (χ4n) is 1.76. The summed E-state index contributed by atoms with van der Waals surface area (Å²) < 4.78 is 1.58. The number of likely N-dealkylation sites (N-methyl/N-ethyl adjacent to an activating group) is 1. The lowest BCUT2D eigenvalue weighted by atomic mass is 10.2. The zero-order valence-corrected chi connectivity index (χ0v) is 10.1. The highest BCUT2D eigenvalue weighted by molar-refractivity contribution is 5.96. The predicted molar refractivity (Wildman–Crippen MR) is 70.9 cm³/mol. The second kappa shape index (κ2) is 5.31. The molecule has 0 fully saturated rings. The maximum absolute atomic E-state index is 11.7. The molecule has 0 radical (unpaired) electrons. The van der Waals surface area contributed by atoms with E-state index in [-0.39, 0.29) is 11.5 Å². The Labute approximate surface area is 105 Å². The number of hydrogen-bond acceptors (Lipinski definition) is 2. The van der Waals surface area contributed by atoms with Gasteiger partial charge in [0.2, 0.25) is 0 Å². The van der Waals surface area contributed by atoms with Crippen LogP contribution >= 0.6 is 0 Å². The first-order valence-electron chi connectivity index (χ1n) is 5.70. The van der Waals surface area contributed by atoms with Gasteiger partial charge in [-0.25, -0.2) is 0 Å². The first kappa shape index (κ1) is 12.1. The van der Waals surface area contributed by atoms with Gasteiger partial charge in [-0.15, -0.1) is 0 Å². The summed E-state index contributed by atoms with van der Waals surface area (Å²) in [5.41, 5.74) is 1.35. The molecule has 0 unspecified atom stereocenters. The number of hydrogen-bond donors (Lipinski definition) is 1. The van der Waals surface area contributed by atoms with Crippen molar-refractivity contribution in [3.8, 4) is 0 Å². The van der Waals surface area contributed by atoms with Crippen molar-refractivity contribution in [3.05, 3.63) is 64.6 Å². The van der Waals surface area contributed by atoms with Crippen LogP contribution < -0.4 is 10.9 Å². The average Bonchev–Trinajstić information content (AvgIpc) is 2.64. The lowest BCUT2D eigenvalue weighted by molar-refractivity contribution is -0.116. The minimum absolute atomic E-state index is 0.0751. The predicted octanol–water partition coefficient (Wildman–Crippen LogP) is 1.32. The van der Waals surface area contributed by atoms with Crippen LogP contribution in [0.4, 0.5) is 0 Å². The summed E-state index contributed by atoms with van der Waals surface area (Å²) in [7, 11) is 1.59. The Morgan fingerprint density at radius 1 is 1.33 bits per heavy atom. The maximum atomic E-state index is 11.7. The molecule has 0 spiro atoms. The van der Waals surface area contributed by atoms with E-state index in [2.05, 4.69) is 5.32 Å². The van der Waals surface area contributed by atoms with Gasteiger partial charge < -0.3 is 5.32 Å². The number of aromatic nitrogens is 1. The summed E-state index contributed by atoms with van der Waals surface area (Å²) in [6.45, 7) is 0. The third kappa shape index (κ3) is 2.48. The topological polar surface area (TPSA) is 51.1 Å². The molecule has 0 saturated heterocycles. The van der Waals surface area contributed by atoms with Gasteiger partial charge in [-0.2, -0.15) is 0 Å². The molecule has 92 valence electrons. The van der Waals surface area contributed by atoms with Gasteiger partial charge in [-0.3, -0.25) is 14.2 Å². The van der Waals surface area contributed by atoms with Crippen molar-refractivity contribution in [1.29, 1.82) is 0 Å². The van der Waals surface area contributed by atoms with Crippen molar-refractivity contribution in [2.45, 2.75) is 6.42 Å². The smallest absolute Gasteiger partial charge is 0.254 e. The van der Waals surface area contributed by atoms with E-state index in [9.17, 15) is 9.59 Å². The number of carbonyl (C=O) groups excluding carboxylic acids is 1. The number of allylic oxidation sites excluding steroid dienone is 4. The Balaban J connectivity index is 2.38. The number of rotatable bonds is 2. The molecule has 0 saturated carbocycles. The molecule has 1 heterocycles. The normalized spacial score (nSPS) is 14.5. The van der Waals surface area contributed by atoms with E-state index >= 15 is 0 Å². The van der Waals surface area contributed by atoms with E-state index in [4.69, 9.17) is 0 Å². The fraction of sp³-hybridized carbons (Fsp3) is 0.143. The van der Waals surface area contributed by atoms with Gasteiger partial charge in [0.15, 0.2) is 0 Å². The Hall–Kier alpha value is -2.36. The van der Waals surface area contributed by atoms with E-state index in [0.717, 1.165) is 5.70 Å². The Kier molecular flexibility index (Phi) is 3.57. The molecule has 18 heavy (non-hydrogen) atoms. The lowest BCUT2D eigenvalue weighted by Crippen LogP contribution is -2.18.